The van der Waals surface area contributed by atoms with Crippen LogP contribution in [0.25, 0.3) is 104 Å². The van der Waals surface area contributed by atoms with Crippen molar-refractivity contribution < 1.29 is 4.42 Å². The number of fused-ring (bicyclic) bond motifs is 19. The van der Waals surface area contributed by atoms with Gasteiger partial charge in [0, 0.05) is 27.2 Å². The Labute approximate surface area is 378 Å². The third-order valence-corrected chi connectivity index (χ3v) is 14.0. The molecule has 0 bridgehead atoms. The molecule has 0 saturated carbocycles. The van der Waals surface area contributed by atoms with Crippen molar-refractivity contribution >= 4 is 127 Å². The van der Waals surface area contributed by atoms with Crippen LogP contribution in [0.2, 0.25) is 0 Å². The van der Waals surface area contributed by atoms with Crippen molar-refractivity contribution in [2.45, 2.75) is 0 Å². The number of nitrogens with zero attached hydrogens (tertiary/aromatic N) is 4. The van der Waals surface area contributed by atoms with E-state index in [9.17, 15) is 0 Å². The van der Waals surface area contributed by atoms with E-state index >= 15 is 0 Å². The van der Waals surface area contributed by atoms with Crippen molar-refractivity contribution in [1.29, 1.82) is 0 Å². The van der Waals surface area contributed by atoms with Crippen LogP contribution in [0.4, 0.5) is 34.1 Å². The first kappa shape index (κ1) is 35.5. The average Bonchev–Trinajstić information content (AvgIpc) is 3.97. The van der Waals surface area contributed by atoms with Gasteiger partial charge in [0.1, 0.15) is 11.2 Å². The quantitative estimate of drug-likeness (QED) is 0.166. The standard InChI is InChI=1S/C61H36N4O/c1-2-15-39(16-3-1)63-56-34-38(37-29-31-47-48(33-37)44-21-8-11-25-52(44)65-53-26-12-10-24-51(53)62-61(47)65)30-32-54(56)64(55-27-14-23-46-45-22-9-13-28-59(45)66-60(46)55)58-36-50-43-20-7-5-18-41(43)40-17-4-6-19-42(40)49(50)35-57(58)63/h1-36H. The fourth-order valence-corrected chi connectivity index (χ4v) is 11.1. The molecule has 1 aliphatic rings. The molecule has 306 valence electrons. The lowest BCUT2D eigenvalue weighted by Gasteiger charge is -2.41. The Bertz CT molecular complexity index is 4370. The fourth-order valence-electron chi connectivity index (χ4n) is 11.1. The molecule has 66 heavy (non-hydrogen) atoms. The smallest absolute Gasteiger partial charge is 0.159 e. The normalized spacial score (nSPS) is 12.8. The lowest BCUT2D eigenvalue weighted by molar-refractivity contribution is 0.669. The topological polar surface area (TPSA) is 36.9 Å². The summed E-state index contributed by atoms with van der Waals surface area (Å²) >= 11 is 0. The Hall–Kier alpha value is -8.93. The van der Waals surface area contributed by atoms with Crippen LogP contribution >= 0.6 is 0 Å². The van der Waals surface area contributed by atoms with E-state index in [1.54, 1.807) is 0 Å². The second-order valence-electron chi connectivity index (χ2n) is 17.5. The molecule has 0 radical (unpaired) electrons. The van der Waals surface area contributed by atoms with Crippen LogP contribution in [0.1, 0.15) is 0 Å². The van der Waals surface area contributed by atoms with Gasteiger partial charge in [0.15, 0.2) is 5.58 Å². The number of anilines is 6. The number of rotatable bonds is 3. The number of hydrogen-bond donors (Lipinski definition) is 0. The van der Waals surface area contributed by atoms with Gasteiger partial charge in [0.05, 0.1) is 45.0 Å². The van der Waals surface area contributed by atoms with E-state index in [4.69, 9.17) is 9.40 Å². The van der Waals surface area contributed by atoms with Gasteiger partial charge in [-0.15, -0.1) is 0 Å². The minimum Gasteiger partial charge on any atom is -0.454 e. The molecule has 0 saturated heterocycles. The van der Waals surface area contributed by atoms with Gasteiger partial charge in [-0.3, -0.25) is 4.40 Å². The first-order valence-electron chi connectivity index (χ1n) is 22.5. The molecular formula is C61H36N4O. The molecule has 14 aromatic rings. The van der Waals surface area contributed by atoms with Gasteiger partial charge in [-0.2, -0.15) is 0 Å². The highest BCUT2D eigenvalue weighted by atomic mass is 16.3. The third kappa shape index (κ3) is 4.86. The van der Waals surface area contributed by atoms with Crippen molar-refractivity contribution in [2.24, 2.45) is 0 Å². The SMILES string of the molecule is c1ccc(N2c3cc(-c4ccc5c(c4)c4ccccc4n4c6ccccc6nc54)ccc3N(c3cccc4c3oc3ccccc34)c3cc4c5ccccc5c5ccccc5c4cc32)cc1. The van der Waals surface area contributed by atoms with Crippen LogP contribution in [-0.4, -0.2) is 9.38 Å². The number of pyridine rings is 1. The molecule has 5 heteroatoms. The zero-order valence-electron chi connectivity index (χ0n) is 35.5. The summed E-state index contributed by atoms with van der Waals surface area (Å²) in [6.07, 6.45) is 0. The van der Waals surface area contributed by atoms with Gasteiger partial charge in [-0.25, -0.2) is 4.98 Å². The Morgan fingerprint density at radius 2 is 0.879 bits per heavy atom. The summed E-state index contributed by atoms with van der Waals surface area (Å²) in [4.78, 5) is 10.1. The van der Waals surface area contributed by atoms with E-state index in [2.05, 4.69) is 227 Å². The molecular weight excluding hydrogens is 805 g/mol. The van der Waals surface area contributed by atoms with Gasteiger partial charge in [-0.05, 0) is 128 Å². The summed E-state index contributed by atoms with van der Waals surface area (Å²) in [6, 6.07) is 79.3. The van der Waals surface area contributed by atoms with Crippen molar-refractivity contribution in [3.05, 3.63) is 218 Å². The molecule has 0 aliphatic carbocycles. The van der Waals surface area contributed by atoms with Crippen LogP contribution in [0.15, 0.2) is 223 Å². The van der Waals surface area contributed by atoms with Crippen molar-refractivity contribution in [3.8, 4) is 11.1 Å². The molecule has 0 atom stereocenters. The highest BCUT2D eigenvalue weighted by Crippen LogP contribution is 2.58. The number of para-hydroxylation sites is 6. The lowest BCUT2D eigenvalue weighted by Crippen LogP contribution is -2.24. The Balaban J connectivity index is 1.04. The average molecular weight is 841 g/mol. The molecule has 0 spiro atoms. The molecule has 3 aromatic heterocycles. The van der Waals surface area contributed by atoms with E-state index in [1.165, 1.54) is 43.1 Å². The molecule has 4 heterocycles. The summed E-state index contributed by atoms with van der Waals surface area (Å²) in [5.41, 5.74) is 14.6. The van der Waals surface area contributed by atoms with Crippen LogP contribution in [0.3, 0.4) is 0 Å². The zero-order valence-corrected chi connectivity index (χ0v) is 35.5. The van der Waals surface area contributed by atoms with Crippen molar-refractivity contribution in [1.82, 2.24) is 9.38 Å². The zero-order chi connectivity index (χ0) is 43.0. The summed E-state index contributed by atoms with van der Waals surface area (Å²) < 4.78 is 9.16. The molecule has 0 unspecified atom stereocenters. The number of hydrogen-bond acceptors (Lipinski definition) is 4. The fraction of sp³-hybridized carbons (Fsp3) is 0. The molecule has 0 amide bonds. The number of benzene rings is 11. The van der Waals surface area contributed by atoms with Gasteiger partial charge >= 0.3 is 0 Å². The van der Waals surface area contributed by atoms with Crippen LogP contribution < -0.4 is 9.80 Å². The maximum Gasteiger partial charge on any atom is 0.159 e. The molecule has 15 rings (SSSR count). The summed E-state index contributed by atoms with van der Waals surface area (Å²) in [5, 5.41) is 13.1. The molecule has 1 aliphatic heterocycles. The summed E-state index contributed by atoms with van der Waals surface area (Å²) in [7, 11) is 0. The van der Waals surface area contributed by atoms with E-state index in [0.717, 1.165) is 94.8 Å². The van der Waals surface area contributed by atoms with Gasteiger partial charge in [-0.1, -0.05) is 140 Å². The van der Waals surface area contributed by atoms with Crippen molar-refractivity contribution in [3.63, 3.8) is 0 Å². The van der Waals surface area contributed by atoms with E-state index in [1.807, 2.05) is 6.07 Å². The first-order chi connectivity index (χ1) is 32.7. The highest BCUT2D eigenvalue weighted by Gasteiger charge is 2.34. The minimum absolute atomic E-state index is 0.857. The Morgan fingerprint density at radius 3 is 1.65 bits per heavy atom. The third-order valence-electron chi connectivity index (χ3n) is 14.0. The maximum absolute atomic E-state index is 6.85. The number of aromatic nitrogens is 2. The largest absolute Gasteiger partial charge is 0.454 e. The summed E-state index contributed by atoms with van der Waals surface area (Å²) in [6.45, 7) is 0. The highest BCUT2D eigenvalue weighted by molar-refractivity contribution is 6.28. The van der Waals surface area contributed by atoms with Crippen LogP contribution in [0, 0.1) is 0 Å². The Morgan fingerprint density at radius 1 is 0.318 bits per heavy atom. The molecule has 0 N–H and O–H groups in total. The molecule has 0 fully saturated rings. The van der Waals surface area contributed by atoms with Gasteiger partial charge < -0.3 is 14.2 Å². The molecule has 11 aromatic carbocycles. The summed E-state index contributed by atoms with van der Waals surface area (Å²) in [5.74, 6) is 0. The van der Waals surface area contributed by atoms with Crippen molar-refractivity contribution in [2.75, 3.05) is 9.80 Å². The lowest BCUT2D eigenvalue weighted by atomic mass is 9.91. The molecule has 5 nitrogen and oxygen atoms in total. The predicted molar refractivity (Wildman–Crippen MR) is 276 cm³/mol. The Kier molecular flexibility index (Phi) is 7.16. The second-order valence-corrected chi connectivity index (χ2v) is 17.5. The monoisotopic (exact) mass is 840 g/mol. The first-order valence-corrected chi connectivity index (χ1v) is 22.5. The van der Waals surface area contributed by atoms with E-state index < -0.39 is 0 Å². The van der Waals surface area contributed by atoms with Gasteiger partial charge in [0.2, 0.25) is 0 Å². The number of furan rings is 1. The second kappa shape index (κ2) is 13.3. The van der Waals surface area contributed by atoms with E-state index in [0.29, 0.717) is 0 Å². The number of imidazole rings is 1. The van der Waals surface area contributed by atoms with E-state index in [-0.39, 0.29) is 0 Å². The minimum atomic E-state index is 0.857. The van der Waals surface area contributed by atoms with Gasteiger partial charge in [0.25, 0.3) is 0 Å². The predicted octanol–water partition coefficient (Wildman–Crippen LogP) is 17.1. The maximum atomic E-state index is 6.85. The van der Waals surface area contributed by atoms with Crippen LogP contribution in [0.5, 0.6) is 0 Å². The van der Waals surface area contributed by atoms with Crippen LogP contribution in [-0.2, 0) is 0 Å².